The van der Waals surface area contributed by atoms with Crippen LogP contribution in [0.3, 0.4) is 0 Å². The van der Waals surface area contributed by atoms with Crippen LogP contribution in [-0.4, -0.2) is 21.1 Å². The monoisotopic (exact) mass is 382 g/mol. The number of anilines is 1. The van der Waals surface area contributed by atoms with Crippen LogP contribution < -0.4 is 11.0 Å². The zero-order chi connectivity index (χ0) is 18.9. The maximum absolute atomic E-state index is 13.1. The number of hydrogen-bond acceptors (Lipinski definition) is 4. The third-order valence-electron chi connectivity index (χ3n) is 3.67. The maximum atomic E-state index is 13.1. The maximum Gasteiger partial charge on any atom is 0.433 e. The summed E-state index contributed by atoms with van der Waals surface area (Å²) in [6.45, 7) is 2.43. The molecule has 0 aliphatic heterocycles. The van der Waals surface area contributed by atoms with Crippen LogP contribution in [0.25, 0.3) is 16.7 Å². The second kappa shape index (κ2) is 6.95. The Morgan fingerprint density at radius 2 is 1.88 bits per heavy atom. The molecule has 2 heterocycles. The molecule has 0 unspecified atom stereocenters. The number of halogens is 4. The normalized spacial score (nSPS) is 11.7. The Balaban J connectivity index is 2.38. The van der Waals surface area contributed by atoms with E-state index in [1.807, 2.05) is 6.92 Å². The Morgan fingerprint density at radius 3 is 2.54 bits per heavy atom. The van der Waals surface area contributed by atoms with E-state index in [9.17, 15) is 18.0 Å². The summed E-state index contributed by atoms with van der Waals surface area (Å²) >= 11 is 6.13. The van der Waals surface area contributed by atoms with Crippen LogP contribution in [-0.2, 0) is 6.18 Å². The van der Waals surface area contributed by atoms with Gasteiger partial charge in [0.2, 0.25) is 0 Å². The second-order valence-corrected chi connectivity index (χ2v) is 5.93. The molecule has 0 saturated carbocycles. The Morgan fingerprint density at radius 1 is 1.15 bits per heavy atom. The summed E-state index contributed by atoms with van der Waals surface area (Å²) < 4.78 is 40.4. The lowest BCUT2D eigenvalue weighted by atomic mass is 10.2. The summed E-state index contributed by atoms with van der Waals surface area (Å²) in [5.41, 5.74) is -1.81. The summed E-state index contributed by atoms with van der Waals surface area (Å²) in [6, 6.07) is 8.44. The van der Waals surface area contributed by atoms with Crippen molar-refractivity contribution in [1.29, 1.82) is 0 Å². The molecule has 0 fully saturated rings. The molecule has 9 heteroatoms. The standard InChI is InChI=1S/C17H14ClF3N4O/c1-2-9-22-14-10-7-8-13(17(19,20)21)23-15(10)25(16(26)24-14)12-6-4-3-5-11(12)18/h3-8H,2,9H2,1H3,(H,22,24,26). The zero-order valence-corrected chi connectivity index (χ0v) is 14.4. The molecule has 3 aromatic rings. The van der Waals surface area contributed by atoms with E-state index in [-0.39, 0.29) is 22.2 Å². The van der Waals surface area contributed by atoms with Gasteiger partial charge in [-0.15, -0.1) is 0 Å². The van der Waals surface area contributed by atoms with Gasteiger partial charge in [-0.1, -0.05) is 30.7 Å². The number of benzene rings is 1. The van der Waals surface area contributed by atoms with Gasteiger partial charge in [-0.25, -0.2) is 14.3 Å². The van der Waals surface area contributed by atoms with Gasteiger partial charge in [0.15, 0.2) is 5.65 Å². The van der Waals surface area contributed by atoms with Gasteiger partial charge in [-0.2, -0.15) is 18.2 Å². The molecule has 1 N–H and O–H groups in total. The fourth-order valence-corrected chi connectivity index (χ4v) is 2.71. The number of pyridine rings is 1. The molecule has 0 amide bonds. The van der Waals surface area contributed by atoms with Crippen molar-refractivity contribution in [2.75, 3.05) is 11.9 Å². The summed E-state index contributed by atoms with van der Waals surface area (Å²) in [5, 5.41) is 3.45. The van der Waals surface area contributed by atoms with Gasteiger partial charge < -0.3 is 5.32 Å². The number of para-hydroxylation sites is 1. The lowest BCUT2D eigenvalue weighted by Crippen LogP contribution is -2.25. The molecule has 26 heavy (non-hydrogen) atoms. The van der Waals surface area contributed by atoms with Gasteiger partial charge in [0.25, 0.3) is 0 Å². The molecular formula is C17H14ClF3N4O. The third kappa shape index (κ3) is 3.37. The van der Waals surface area contributed by atoms with E-state index < -0.39 is 17.6 Å². The topological polar surface area (TPSA) is 59.8 Å². The smallest absolute Gasteiger partial charge is 0.369 e. The predicted molar refractivity (Wildman–Crippen MR) is 93.9 cm³/mol. The van der Waals surface area contributed by atoms with Gasteiger partial charge in [0.1, 0.15) is 11.5 Å². The quantitative estimate of drug-likeness (QED) is 0.732. The van der Waals surface area contributed by atoms with Crippen molar-refractivity contribution in [2.45, 2.75) is 19.5 Å². The van der Waals surface area contributed by atoms with Crippen molar-refractivity contribution < 1.29 is 13.2 Å². The van der Waals surface area contributed by atoms with Gasteiger partial charge in [0, 0.05) is 6.54 Å². The van der Waals surface area contributed by atoms with Crippen LogP contribution in [0.1, 0.15) is 19.0 Å². The average Bonchev–Trinajstić information content (AvgIpc) is 2.59. The number of hydrogen-bond donors (Lipinski definition) is 1. The SMILES string of the molecule is CCCNc1nc(=O)n(-c2ccccc2Cl)c2nc(C(F)(F)F)ccc12. The van der Waals surface area contributed by atoms with Gasteiger partial charge in [0.05, 0.1) is 16.1 Å². The first-order chi connectivity index (χ1) is 12.3. The minimum atomic E-state index is -4.64. The molecule has 0 atom stereocenters. The molecule has 136 valence electrons. The van der Waals surface area contributed by atoms with Crippen molar-refractivity contribution in [3.63, 3.8) is 0 Å². The molecule has 0 bridgehead atoms. The van der Waals surface area contributed by atoms with Crippen LogP contribution in [0.4, 0.5) is 19.0 Å². The summed E-state index contributed by atoms with van der Waals surface area (Å²) in [4.78, 5) is 20.2. The van der Waals surface area contributed by atoms with E-state index in [1.165, 1.54) is 18.2 Å². The molecule has 0 spiro atoms. The van der Waals surface area contributed by atoms with E-state index in [4.69, 9.17) is 11.6 Å². The van der Waals surface area contributed by atoms with E-state index >= 15 is 0 Å². The van der Waals surface area contributed by atoms with Gasteiger partial charge in [-0.3, -0.25) is 0 Å². The van der Waals surface area contributed by atoms with Crippen molar-refractivity contribution in [2.24, 2.45) is 0 Å². The molecule has 5 nitrogen and oxygen atoms in total. The molecule has 0 radical (unpaired) electrons. The largest absolute Gasteiger partial charge is 0.433 e. The van der Waals surface area contributed by atoms with Crippen LogP contribution >= 0.6 is 11.6 Å². The van der Waals surface area contributed by atoms with E-state index in [0.717, 1.165) is 17.1 Å². The number of nitrogens with zero attached hydrogens (tertiary/aromatic N) is 3. The Kier molecular flexibility index (Phi) is 4.86. The van der Waals surface area contributed by atoms with Crippen LogP contribution in [0, 0.1) is 0 Å². The summed E-state index contributed by atoms with van der Waals surface area (Å²) in [5.74, 6) is 0.191. The fraction of sp³-hybridized carbons (Fsp3) is 0.235. The van der Waals surface area contributed by atoms with Crippen LogP contribution in [0.15, 0.2) is 41.2 Å². The Labute approximate surface area is 151 Å². The lowest BCUT2D eigenvalue weighted by molar-refractivity contribution is -0.141. The first-order valence-electron chi connectivity index (χ1n) is 7.82. The first kappa shape index (κ1) is 18.2. The minimum Gasteiger partial charge on any atom is -0.369 e. The highest BCUT2D eigenvalue weighted by atomic mass is 35.5. The van der Waals surface area contributed by atoms with Crippen LogP contribution in [0.5, 0.6) is 0 Å². The summed E-state index contributed by atoms with van der Waals surface area (Å²) in [7, 11) is 0. The van der Waals surface area contributed by atoms with E-state index in [2.05, 4.69) is 15.3 Å². The molecule has 3 rings (SSSR count). The van der Waals surface area contributed by atoms with Gasteiger partial charge in [-0.05, 0) is 30.7 Å². The highest BCUT2D eigenvalue weighted by molar-refractivity contribution is 6.32. The van der Waals surface area contributed by atoms with Crippen molar-refractivity contribution in [3.8, 4) is 5.69 Å². The van der Waals surface area contributed by atoms with Crippen molar-refractivity contribution in [1.82, 2.24) is 14.5 Å². The average molecular weight is 383 g/mol. The fourth-order valence-electron chi connectivity index (χ4n) is 2.49. The predicted octanol–water partition coefficient (Wildman–Crippen LogP) is 4.27. The van der Waals surface area contributed by atoms with E-state index in [0.29, 0.717) is 11.9 Å². The third-order valence-corrected chi connectivity index (χ3v) is 3.99. The minimum absolute atomic E-state index is 0.161. The number of alkyl halides is 3. The number of nitrogens with one attached hydrogen (secondary N) is 1. The van der Waals surface area contributed by atoms with Crippen LogP contribution in [0.2, 0.25) is 5.02 Å². The van der Waals surface area contributed by atoms with Crippen molar-refractivity contribution in [3.05, 3.63) is 57.6 Å². The first-order valence-corrected chi connectivity index (χ1v) is 8.20. The highest BCUT2D eigenvalue weighted by Gasteiger charge is 2.33. The second-order valence-electron chi connectivity index (χ2n) is 5.52. The lowest BCUT2D eigenvalue weighted by Gasteiger charge is -2.15. The Bertz CT molecular complexity index is 1020. The number of aromatic nitrogens is 3. The molecule has 0 saturated heterocycles. The molecule has 2 aromatic heterocycles. The molecular weight excluding hydrogens is 369 g/mol. The molecule has 1 aromatic carbocycles. The zero-order valence-electron chi connectivity index (χ0n) is 13.6. The molecule has 0 aliphatic carbocycles. The van der Waals surface area contributed by atoms with Crippen molar-refractivity contribution >= 4 is 28.5 Å². The van der Waals surface area contributed by atoms with E-state index in [1.54, 1.807) is 12.1 Å². The highest BCUT2D eigenvalue weighted by Crippen LogP contribution is 2.31. The number of fused-ring (bicyclic) bond motifs is 1. The number of rotatable bonds is 4. The molecule has 0 aliphatic rings. The summed E-state index contributed by atoms with van der Waals surface area (Å²) in [6.07, 6.45) is -3.89. The Hall–Kier alpha value is -2.61. The van der Waals surface area contributed by atoms with Gasteiger partial charge >= 0.3 is 11.9 Å².